The molecule has 0 aliphatic carbocycles. The van der Waals surface area contributed by atoms with E-state index in [0.29, 0.717) is 5.92 Å². The first-order chi connectivity index (χ1) is 10.9. The molecule has 0 atom stereocenters. The quantitative estimate of drug-likeness (QED) is 0.713. The molecule has 3 nitrogen and oxygen atoms in total. The van der Waals surface area contributed by atoms with E-state index < -0.39 is 0 Å². The largest absolute Gasteiger partial charge is 0.355 e. The highest BCUT2D eigenvalue weighted by Crippen LogP contribution is 2.29. The highest BCUT2D eigenvalue weighted by molar-refractivity contribution is 5.75. The maximum atomic E-state index is 4.76. The van der Waals surface area contributed by atoms with E-state index >= 15 is 0 Å². The number of fused-ring (bicyclic) bond motifs is 1. The van der Waals surface area contributed by atoms with E-state index in [2.05, 4.69) is 40.2 Å². The molecule has 2 aromatic carbocycles. The summed E-state index contributed by atoms with van der Waals surface area (Å²) in [6, 6.07) is 18.9. The Morgan fingerprint density at radius 2 is 1.50 bits per heavy atom. The van der Waals surface area contributed by atoms with E-state index in [-0.39, 0.29) is 0 Å². The molecule has 3 heteroatoms. The maximum absolute atomic E-state index is 4.76. The van der Waals surface area contributed by atoms with Gasteiger partial charge in [0.25, 0.3) is 0 Å². The summed E-state index contributed by atoms with van der Waals surface area (Å²) in [5.41, 5.74) is 3.40. The van der Waals surface area contributed by atoms with Crippen LogP contribution in [0.1, 0.15) is 24.3 Å². The normalized spacial score (nSPS) is 16.1. The Morgan fingerprint density at radius 1 is 0.818 bits per heavy atom. The highest BCUT2D eigenvalue weighted by atomic mass is 15.2. The summed E-state index contributed by atoms with van der Waals surface area (Å²) in [5, 5.41) is 0. The van der Waals surface area contributed by atoms with Crippen molar-refractivity contribution in [3.63, 3.8) is 0 Å². The summed E-state index contributed by atoms with van der Waals surface area (Å²) in [5.74, 6) is 1.68. The highest BCUT2D eigenvalue weighted by Gasteiger charge is 2.21. The SMILES string of the molecule is c1ccc(C2CCN(c3cnc4ccccc4n3)CC2)cc1. The lowest BCUT2D eigenvalue weighted by atomic mass is 9.89. The molecule has 0 unspecified atom stereocenters. The van der Waals surface area contributed by atoms with Crippen molar-refractivity contribution >= 4 is 16.9 Å². The van der Waals surface area contributed by atoms with E-state index in [1.165, 1.54) is 18.4 Å². The fraction of sp³-hybridized carbons (Fsp3) is 0.263. The standard InChI is InChI=1S/C19H19N3/c1-2-6-15(7-3-1)16-10-12-22(13-11-16)19-14-20-17-8-4-5-9-18(17)21-19/h1-9,14,16H,10-13H2. The number of rotatable bonds is 2. The molecule has 2 heterocycles. The number of aromatic nitrogens is 2. The Balaban J connectivity index is 1.50. The van der Waals surface area contributed by atoms with E-state index in [1.54, 1.807) is 0 Å². The fourth-order valence-corrected chi connectivity index (χ4v) is 3.27. The predicted octanol–water partition coefficient (Wildman–Crippen LogP) is 4.01. The molecular formula is C19H19N3. The van der Waals surface area contributed by atoms with Crippen molar-refractivity contribution in [2.45, 2.75) is 18.8 Å². The van der Waals surface area contributed by atoms with Crippen LogP contribution < -0.4 is 4.90 Å². The molecule has 0 radical (unpaired) electrons. The smallest absolute Gasteiger partial charge is 0.147 e. The van der Waals surface area contributed by atoms with Gasteiger partial charge in [-0.25, -0.2) is 4.98 Å². The fourth-order valence-electron chi connectivity index (χ4n) is 3.27. The molecule has 1 aliphatic rings. The first kappa shape index (κ1) is 13.3. The van der Waals surface area contributed by atoms with Crippen LogP contribution in [0.2, 0.25) is 0 Å². The molecule has 1 fully saturated rings. The van der Waals surface area contributed by atoms with Gasteiger partial charge in [-0.2, -0.15) is 0 Å². The minimum atomic E-state index is 0.672. The molecule has 1 aromatic heterocycles. The second-order valence-electron chi connectivity index (χ2n) is 5.89. The van der Waals surface area contributed by atoms with Crippen molar-refractivity contribution < 1.29 is 0 Å². The van der Waals surface area contributed by atoms with E-state index in [1.807, 2.05) is 30.5 Å². The van der Waals surface area contributed by atoms with Crippen LogP contribution in [-0.2, 0) is 0 Å². The number of hydrogen-bond donors (Lipinski definition) is 0. The molecular weight excluding hydrogens is 270 g/mol. The first-order valence-electron chi connectivity index (χ1n) is 7.92. The van der Waals surface area contributed by atoms with Gasteiger partial charge in [0.15, 0.2) is 0 Å². The number of nitrogens with zero attached hydrogens (tertiary/aromatic N) is 3. The molecule has 4 rings (SSSR count). The van der Waals surface area contributed by atoms with Crippen molar-refractivity contribution in [3.8, 4) is 0 Å². The van der Waals surface area contributed by atoms with Crippen LogP contribution in [0.15, 0.2) is 60.8 Å². The van der Waals surface area contributed by atoms with Crippen molar-refractivity contribution in [1.82, 2.24) is 9.97 Å². The van der Waals surface area contributed by atoms with Crippen LogP contribution in [0, 0.1) is 0 Å². The zero-order chi connectivity index (χ0) is 14.8. The van der Waals surface area contributed by atoms with Crippen molar-refractivity contribution in [1.29, 1.82) is 0 Å². The van der Waals surface area contributed by atoms with E-state index in [0.717, 1.165) is 29.9 Å². The minimum absolute atomic E-state index is 0.672. The third-order valence-electron chi connectivity index (χ3n) is 4.53. The van der Waals surface area contributed by atoms with Gasteiger partial charge < -0.3 is 4.90 Å². The molecule has 0 spiro atoms. The Labute approximate surface area is 130 Å². The predicted molar refractivity (Wildman–Crippen MR) is 90.2 cm³/mol. The van der Waals surface area contributed by atoms with Crippen LogP contribution in [0.3, 0.4) is 0 Å². The van der Waals surface area contributed by atoms with Crippen molar-refractivity contribution in [2.75, 3.05) is 18.0 Å². The molecule has 0 bridgehead atoms. The third kappa shape index (κ3) is 2.54. The molecule has 110 valence electrons. The molecule has 0 saturated carbocycles. The third-order valence-corrected chi connectivity index (χ3v) is 4.53. The number of benzene rings is 2. The second kappa shape index (κ2) is 5.76. The lowest BCUT2D eigenvalue weighted by molar-refractivity contribution is 0.503. The number of para-hydroxylation sites is 2. The molecule has 0 amide bonds. The Bertz CT molecular complexity index is 762. The summed E-state index contributed by atoms with van der Waals surface area (Å²) < 4.78 is 0. The average molecular weight is 289 g/mol. The van der Waals surface area contributed by atoms with Gasteiger partial charge in [-0.1, -0.05) is 42.5 Å². The summed E-state index contributed by atoms with van der Waals surface area (Å²) >= 11 is 0. The van der Waals surface area contributed by atoms with Crippen LogP contribution in [0.4, 0.5) is 5.82 Å². The van der Waals surface area contributed by atoms with Gasteiger partial charge in [-0.15, -0.1) is 0 Å². The molecule has 22 heavy (non-hydrogen) atoms. The molecule has 1 aliphatic heterocycles. The van der Waals surface area contributed by atoms with Gasteiger partial charge in [-0.05, 0) is 36.5 Å². The summed E-state index contributed by atoms with van der Waals surface area (Å²) in [6.45, 7) is 2.10. The molecule has 3 aromatic rings. The van der Waals surface area contributed by atoms with Crippen molar-refractivity contribution in [3.05, 3.63) is 66.4 Å². The van der Waals surface area contributed by atoms with Gasteiger partial charge in [0, 0.05) is 13.1 Å². The lowest BCUT2D eigenvalue weighted by Crippen LogP contribution is -2.33. The van der Waals surface area contributed by atoms with Crippen LogP contribution in [0.25, 0.3) is 11.0 Å². The van der Waals surface area contributed by atoms with Crippen molar-refractivity contribution in [2.24, 2.45) is 0 Å². The zero-order valence-electron chi connectivity index (χ0n) is 12.5. The van der Waals surface area contributed by atoms with Gasteiger partial charge in [0.2, 0.25) is 0 Å². The van der Waals surface area contributed by atoms with Gasteiger partial charge in [0.05, 0.1) is 17.2 Å². The summed E-state index contributed by atoms with van der Waals surface area (Å²) in [4.78, 5) is 11.6. The van der Waals surface area contributed by atoms with E-state index in [4.69, 9.17) is 4.98 Å². The van der Waals surface area contributed by atoms with Gasteiger partial charge >= 0.3 is 0 Å². The van der Waals surface area contributed by atoms with Gasteiger partial charge in [-0.3, -0.25) is 4.98 Å². The van der Waals surface area contributed by atoms with Crippen LogP contribution >= 0.6 is 0 Å². The maximum Gasteiger partial charge on any atom is 0.147 e. The van der Waals surface area contributed by atoms with Crippen LogP contribution in [0.5, 0.6) is 0 Å². The number of anilines is 1. The topological polar surface area (TPSA) is 29.0 Å². The summed E-state index contributed by atoms with van der Waals surface area (Å²) in [7, 11) is 0. The second-order valence-corrected chi connectivity index (χ2v) is 5.89. The van der Waals surface area contributed by atoms with Crippen LogP contribution in [-0.4, -0.2) is 23.1 Å². The lowest BCUT2D eigenvalue weighted by Gasteiger charge is -2.32. The number of piperidine rings is 1. The average Bonchev–Trinajstić information content (AvgIpc) is 2.62. The summed E-state index contributed by atoms with van der Waals surface area (Å²) in [6.07, 6.45) is 4.27. The first-order valence-corrected chi connectivity index (χ1v) is 7.92. The minimum Gasteiger partial charge on any atom is -0.355 e. The number of hydrogen-bond acceptors (Lipinski definition) is 3. The van der Waals surface area contributed by atoms with Gasteiger partial charge in [0.1, 0.15) is 5.82 Å². The zero-order valence-corrected chi connectivity index (χ0v) is 12.5. The Hall–Kier alpha value is -2.42. The monoisotopic (exact) mass is 289 g/mol. The molecule has 1 saturated heterocycles. The molecule has 0 N–H and O–H groups in total. The van der Waals surface area contributed by atoms with E-state index in [9.17, 15) is 0 Å². The Kier molecular flexibility index (Phi) is 3.47. The Morgan fingerprint density at radius 3 is 2.27 bits per heavy atom.